The summed E-state index contributed by atoms with van der Waals surface area (Å²) >= 11 is 0. The van der Waals surface area contributed by atoms with Crippen LogP contribution in [0.5, 0.6) is 0 Å². The van der Waals surface area contributed by atoms with Gasteiger partial charge in [-0.05, 0) is 12.0 Å². The average Bonchev–Trinajstić information content (AvgIpc) is 2.17. The molecule has 0 radical (unpaired) electrons. The van der Waals surface area contributed by atoms with Crippen molar-refractivity contribution in [2.75, 3.05) is 0 Å². The highest BCUT2D eigenvalue weighted by Gasteiger charge is 2.12. The second-order valence-corrected chi connectivity index (χ2v) is 3.17. The van der Waals surface area contributed by atoms with Crippen LogP contribution in [0.1, 0.15) is 31.7 Å². The molecule has 1 heteroatoms. The molecule has 0 spiro atoms. The first-order valence-corrected chi connectivity index (χ1v) is 4.48. The Kier molecular flexibility index (Phi) is 3.30. The molecule has 1 aromatic carbocycles. The molecular formula is C11H16O. The number of aliphatic hydroxyl groups excluding tert-OH is 1. The molecule has 66 valence electrons. The van der Waals surface area contributed by atoms with Crippen LogP contribution in [0.15, 0.2) is 30.3 Å². The number of hydrogen-bond acceptors (Lipinski definition) is 1. The van der Waals surface area contributed by atoms with Gasteiger partial charge in [0.05, 0.1) is 6.10 Å². The molecule has 0 aromatic heterocycles. The molecule has 0 fully saturated rings. The highest BCUT2D eigenvalue weighted by molar-refractivity contribution is 5.19. The zero-order valence-corrected chi connectivity index (χ0v) is 7.70. The Morgan fingerprint density at radius 3 is 2.33 bits per heavy atom. The van der Waals surface area contributed by atoms with Gasteiger partial charge in [0.2, 0.25) is 0 Å². The lowest BCUT2D eigenvalue weighted by atomic mass is 9.94. The molecule has 0 aliphatic rings. The molecule has 0 heterocycles. The molecule has 0 aliphatic heterocycles. The monoisotopic (exact) mass is 164 g/mol. The third-order valence-corrected chi connectivity index (χ3v) is 2.32. The first-order chi connectivity index (χ1) is 5.75. The lowest BCUT2D eigenvalue weighted by Crippen LogP contribution is -2.14. The lowest BCUT2D eigenvalue weighted by molar-refractivity contribution is 0.145. The minimum absolute atomic E-state index is 0.215. The van der Waals surface area contributed by atoms with Crippen molar-refractivity contribution in [2.45, 2.75) is 32.3 Å². The van der Waals surface area contributed by atoms with E-state index in [4.69, 9.17) is 0 Å². The van der Waals surface area contributed by atoms with Gasteiger partial charge in [0.15, 0.2) is 0 Å². The van der Waals surface area contributed by atoms with Crippen molar-refractivity contribution in [3.05, 3.63) is 35.9 Å². The summed E-state index contributed by atoms with van der Waals surface area (Å²) in [6.07, 6.45) is 0.600. The van der Waals surface area contributed by atoms with Crippen molar-refractivity contribution in [3.8, 4) is 0 Å². The molecular weight excluding hydrogens is 148 g/mol. The molecule has 1 aromatic rings. The van der Waals surface area contributed by atoms with E-state index in [9.17, 15) is 5.11 Å². The van der Waals surface area contributed by atoms with Gasteiger partial charge in [0.1, 0.15) is 0 Å². The summed E-state index contributed by atoms with van der Waals surface area (Å²) in [6, 6.07) is 10.1. The Morgan fingerprint density at radius 2 is 1.83 bits per heavy atom. The lowest BCUT2D eigenvalue weighted by Gasteiger charge is -2.17. The highest BCUT2D eigenvalue weighted by Crippen LogP contribution is 2.20. The molecule has 1 N–H and O–H groups in total. The predicted octanol–water partition coefficient (Wildman–Crippen LogP) is 2.56. The summed E-state index contributed by atoms with van der Waals surface area (Å²) in [5.41, 5.74) is 1.21. The van der Waals surface area contributed by atoms with Crippen molar-refractivity contribution >= 4 is 0 Å². The number of benzene rings is 1. The highest BCUT2D eigenvalue weighted by atomic mass is 16.3. The molecule has 0 saturated heterocycles. The Morgan fingerprint density at radius 1 is 1.25 bits per heavy atom. The molecule has 0 aliphatic carbocycles. The van der Waals surface area contributed by atoms with E-state index in [2.05, 4.69) is 19.1 Å². The summed E-state index contributed by atoms with van der Waals surface area (Å²) in [5, 5.41) is 9.58. The predicted molar refractivity (Wildman–Crippen MR) is 51.2 cm³/mol. The fraction of sp³-hybridized carbons (Fsp3) is 0.455. The summed E-state index contributed by atoms with van der Waals surface area (Å²) in [4.78, 5) is 0. The van der Waals surface area contributed by atoms with Crippen LogP contribution < -0.4 is 0 Å². The van der Waals surface area contributed by atoms with Crippen LogP contribution in [0, 0.1) is 0 Å². The zero-order valence-electron chi connectivity index (χ0n) is 7.70. The molecule has 0 amide bonds. The van der Waals surface area contributed by atoms with E-state index in [0.29, 0.717) is 0 Å². The maximum atomic E-state index is 9.58. The second kappa shape index (κ2) is 4.27. The molecule has 0 saturated carbocycles. The van der Waals surface area contributed by atoms with Crippen LogP contribution in [0.3, 0.4) is 0 Å². The van der Waals surface area contributed by atoms with E-state index >= 15 is 0 Å². The van der Waals surface area contributed by atoms with Crippen molar-refractivity contribution in [3.63, 3.8) is 0 Å². The standard InChI is InChI=1S/C11H16O/c1-3-11(12)9(2)10-7-5-4-6-8-10/h4-9,11-12H,3H2,1-2H3. The van der Waals surface area contributed by atoms with Crippen molar-refractivity contribution < 1.29 is 5.11 Å². The first-order valence-electron chi connectivity index (χ1n) is 4.48. The first kappa shape index (κ1) is 9.27. The van der Waals surface area contributed by atoms with E-state index in [1.807, 2.05) is 25.1 Å². The molecule has 2 unspecified atom stereocenters. The van der Waals surface area contributed by atoms with Crippen LogP contribution in [0.4, 0.5) is 0 Å². The SMILES string of the molecule is CCC(O)C(C)c1ccccc1. The summed E-state index contributed by atoms with van der Waals surface area (Å²) in [5.74, 6) is 0.246. The minimum Gasteiger partial charge on any atom is -0.393 e. The van der Waals surface area contributed by atoms with Crippen molar-refractivity contribution in [1.82, 2.24) is 0 Å². The number of hydrogen-bond donors (Lipinski definition) is 1. The summed E-state index contributed by atoms with van der Waals surface area (Å²) < 4.78 is 0. The van der Waals surface area contributed by atoms with Crippen molar-refractivity contribution in [1.29, 1.82) is 0 Å². The van der Waals surface area contributed by atoms with Crippen LogP contribution >= 0.6 is 0 Å². The summed E-state index contributed by atoms with van der Waals surface area (Å²) in [6.45, 7) is 4.06. The quantitative estimate of drug-likeness (QED) is 0.728. The summed E-state index contributed by atoms with van der Waals surface area (Å²) in [7, 11) is 0. The topological polar surface area (TPSA) is 20.2 Å². The average molecular weight is 164 g/mol. The molecule has 12 heavy (non-hydrogen) atoms. The smallest absolute Gasteiger partial charge is 0.0603 e. The van der Waals surface area contributed by atoms with Crippen LogP contribution in [0.25, 0.3) is 0 Å². The fourth-order valence-corrected chi connectivity index (χ4v) is 1.33. The maximum Gasteiger partial charge on any atom is 0.0603 e. The minimum atomic E-state index is -0.215. The van der Waals surface area contributed by atoms with Gasteiger partial charge >= 0.3 is 0 Å². The van der Waals surface area contributed by atoms with E-state index in [1.54, 1.807) is 0 Å². The van der Waals surface area contributed by atoms with Gasteiger partial charge in [0, 0.05) is 5.92 Å². The Hall–Kier alpha value is -0.820. The molecule has 1 rings (SSSR count). The van der Waals surface area contributed by atoms with Gasteiger partial charge in [-0.15, -0.1) is 0 Å². The van der Waals surface area contributed by atoms with Crippen LogP contribution in [0.2, 0.25) is 0 Å². The third-order valence-electron chi connectivity index (χ3n) is 2.32. The van der Waals surface area contributed by atoms with Gasteiger partial charge in [-0.1, -0.05) is 44.2 Å². The molecule has 0 bridgehead atoms. The van der Waals surface area contributed by atoms with Gasteiger partial charge in [-0.3, -0.25) is 0 Å². The third kappa shape index (κ3) is 2.08. The maximum absolute atomic E-state index is 9.58. The largest absolute Gasteiger partial charge is 0.393 e. The van der Waals surface area contributed by atoms with E-state index in [-0.39, 0.29) is 12.0 Å². The Labute approximate surface area is 74.1 Å². The van der Waals surface area contributed by atoms with Gasteiger partial charge < -0.3 is 5.11 Å². The van der Waals surface area contributed by atoms with Gasteiger partial charge in [0.25, 0.3) is 0 Å². The number of aliphatic hydroxyl groups is 1. The zero-order chi connectivity index (χ0) is 8.97. The van der Waals surface area contributed by atoms with E-state index in [1.165, 1.54) is 5.56 Å². The molecule has 1 nitrogen and oxygen atoms in total. The normalized spacial score (nSPS) is 15.6. The Bertz CT molecular complexity index is 218. The van der Waals surface area contributed by atoms with Gasteiger partial charge in [-0.25, -0.2) is 0 Å². The molecule has 2 atom stereocenters. The van der Waals surface area contributed by atoms with E-state index in [0.717, 1.165) is 6.42 Å². The van der Waals surface area contributed by atoms with Gasteiger partial charge in [-0.2, -0.15) is 0 Å². The fourth-order valence-electron chi connectivity index (χ4n) is 1.33. The van der Waals surface area contributed by atoms with E-state index < -0.39 is 0 Å². The van der Waals surface area contributed by atoms with Crippen LogP contribution in [-0.4, -0.2) is 11.2 Å². The second-order valence-electron chi connectivity index (χ2n) is 3.17. The van der Waals surface area contributed by atoms with Crippen molar-refractivity contribution in [2.24, 2.45) is 0 Å². The number of rotatable bonds is 3. The van der Waals surface area contributed by atoms with Crippen LogP contribution in [-0.2, 0) is 0 Å². The Balaban J connectivity index is 2.71.